The van der Waals surface area contributed by atoms with E-state index in [2.05, 4.69) is 15.6 Å². The number of carbonyl (C=O) groups excluding carboxylic acids is 2. The summed E-state index contributed by atoms with van der Waals surface area (Å²) in [6.45, 7) is 3.56. The number of fused-ring (bicyclic) bond motifs is 1. The fourth-order valence-corrected chi connectivity index (χ4v) is 4.13. The first kappa shape index (κ1) is 23.8. The van der Waals surface area contributed by atoms with Crippen molar-refractivity contribution < 1.29 is 18.4 Å². The van der Waals surface area contributed by atoms with Gasteiger partial charge in [0.05, 0.1) is 23.9 Å². The maximum atomic E-state index is 12.9. The minimum atomic E-state index is -0.491. The number of furan rings is 1. The third-order valence-corrected chi connectivity index (χ3v) is 6.12. The van der Waals surface area contributed by atoms with E-state index in [9.17, 15) is 14.4 Å². The molecule has 3 heterocycles. The van der Waals surface area contributed by atoms with E-state index < -0.39 is 5.91 Å². The molecule has 186 valence electrons. The van der Waals surface area contributed by atoms with Gasteiger partial charge >= 0.3 is 0 Å². The summed E-state index contributed by atoms with van der Waals surface area (Å²) in [6.07, 6.45) is 3.00. The largest absolute Gasteiger partial charge is 0.469 e. The monoisotopic (exact) mass is 496 g/mol. The van der Waals surface area contributed by atoms with Crippen LogP contribution >= 0.6 is 0 Å². The Hall–Kier alpha value is -4.92. The summed E-state index contributed by atoms with van der Waals surface area (Å²) >= 11 is 0. The van der Waals surface area contributed by atoms with Gasteiger partial charge in [-0.15, -0.1) is 0 Å². The lowest BCUT2D eigenvalue weighted by Crippen LogP contribution is -2.29. The molecule has 0 radical (unpaired) electrons. The third kappa shape index (κ3) is 4.66. The highest BCUT2D eigenvalue weighted by molar-refractivity contribution is 6.05. The van der Waals surface area contributed by atoms with E-state index in [1.165, 1.54) is 12.5 Å². The van der Waals surface area contributed by atoms with E-state index in [-0.39, 0.29) is 23.4 Å². The molecule has 0 fully saturated rings. The van der Waals surface area contributed by atoms with Crippen LogP contribution < -0.4 is 16.1 Å². The number of para-hydroxylation sites is 1. The zero-order valence-corrected chi connectivity index (χ0v) is 20.5. The summed E-state index contributed by atoms with van der Waals surface area (Å²) in [7, 11) is 1.79. The molecule has 2 N–H and O–H groups in total. The fraction of sp³-hybridized carbons (Fsp3) is 0.143. The van der Waals surface area contributed by atoms with E-state index in [0.717, 1.165) is 5.52 Å². The summed E-state index contributed by atoms with van der Waals surface area (Å²) in [6, 6.07) is 15.9. The number of rotatable bonds is 6. The Balaban J connectivity index is 1.32. The van der Waals surface area contributed by atoms with E-state index in [1.54, 1.807) is 61.9 Å². The molecule has 2 aromatic carbocycles. The predicted molar refractivity (Wildman–Crippen MR) is 138 cm³/mol. The molecule has 0 saturated heterocycles. The Morgan fingerprint density at radius 1 is 0.973 bits per heavy atom. The summed E-state index contributed by atoms with van der Waals surface area (Å²) in [4.78, 5) is 42.7. The van der Waals surface area contributed by atoms with Crippen LogP contribution in [0, 0.1) is 13.8 Å². The summed E-state index contributed by atoms with van der Waals surface area (Å²) in [5.74, 6) is 0.638. The molecule has 2 amide bonds. The van der Waals surface area contributed by atoms with Gasteiger partial charge in [-0.3, -0.25) is 14.4 Å². The molecule has 0 atom stereocenters. The van der Waals surface area contributed by atoms with E-state index >= 15 is 0 Å². The molecule has 0 saturated carbocycles. The molecule has 9 nitrogen and oxygen atoms in total. The highest BCUT2D eigenvalue weighted by Crippen LogP contribution is 2.25. The number of oxazole rings is 1. The average molecular weight is 497 g/mol. The number of nitrogens with zero attached hydrogens (tertiary/aromatic N) is 2. The van der Waals surface area contributed by atoms with Crippen molar-refractivity contribution in [2.45, 2.75) is 20.4 Å². The van der Waals surface area contributed by atoms with Gasteiger partial charge in [-0.25, -0.2) is 4.98 Å². The van der Waals surface area contributed by atoms with Crippen molar-refractivity contribution in [3.63, 3.8) is 0 Å². The standard InChI is InChI=1S/C28H24N4O5/c1-16-20(11-12-36-16)27(35)30-19-8-6-7-18(13-19)28-31-23(17(2)37-28)14-29-26(34)22-15-32(3)24-10-5-4-9-21(24)25(22)33/h4-13,15H,14H2,1-3H3,(H,29,34)(H,30,35). The lowest BCUT2D eigenvalue weighted by Gasteiger charge is -2.09. The van der Waals surface area contributed by atoms with Crippen molar-refractivity contribution in [1.82, 2.24) is 14.9 Å². The van der Waals surface area contributed by atoms with Gasteiger partial charge in [-0.2, -0.15) is 0 Å². The molecule has 0 spiro atoms. The lowest BCUT2D eigenvalue weighted by atomic mass is 10.1. The first-order chi connectivity index (χ1) is 17.8. The smallest absolute Gasteiger partial charge is 0.259 e. The molecular weight excluding hydrogens is 472 g/mol. The number of amides is 2. The van der Waals surface area contributed by atoms with Crippen molar-refractivity contribution in [1.29, 1.82) is 0 Å². The summed E-state index contributed by atoms with van der Waals surface area (Å²) in [5.41, 5.74) is 2.69. The second-order valence-corrected chi connectivity index (χ2v) is 8.63. The van der Waals surface area contributed by atoms with Crippen LogP contribution in [0.4, 0.5) is 5.69 Å². The van der Waals surface area contributed by atoms with Crippen LogP contribution in [0.3, 0.4) is 0 Å². The topological polar surface area (TPSA) is 119 Å². The molecule has 0 aliphatic carbocycles. The first-order valence-corrected chi connectivity index (χ1v) is 11.6. The molecule has 5 rings (SSSR count). The van der Waals surface area contributed by atoms with Crippen molar-refractivity contribution in [3.8, 4) is 11.5 Å². The van der Waals surface area contributed by atoms with Crippen molar-refractivity contribution in [2.75, 3.05) is 5.32 Å². The number of benzene rings is 2. The molecule has 0 unspecified atom stereocenters. The van der Waals surface area contributed by atoms with Gasteiger partial charge in [0.2, 0.25) is 11.3 Å². The maximum Gasteiger partial charge on any atom is 0.259 e. The first-order valence-electron chi connectivity index (χ1n) is 11.6. The quantitative estimate of drug-likeness (QED) is 0.355. The van der Waals surface area contributed by atoms with Gasteiger partial charge in [-0.05, 0) is 50.2 Å². The van der Waals surface area contributed by atoms with Gasteiger partial charge in [0.15, 0.2) is 0 Å². The number of carbonyl (C=O) groups is 2. The van der Waals surface area contributed by atoms with Crippen molar-refractivity contribution in [3.05, 3.63) is 106 Å². The zero-order chi connectivity index (χ0) is 26.1. The molecular formula is C28H24N4O5. The molecule has 0 aliphatic rings. The van der Waals surface area contributed by atoms with Crippen molar-refractivity contribution in [2.24, 2.45) is 7.05 Å². The Labute approximate surface area is 211 Å². The van der Waals surface area contributed by atoms with Crippen LogP contribution in [-0.2, 0) is 13.6 Å². The van der Waals surface area contributed by atoms with Crippen LogP contribution in [0.2, 0.25) is 0 Å². The summed E-state index contributed by atoms with van der Waals surface area (Å²) < 4.78 is 12.8. The minimum absolute atomic E-state index is 0.0545. The van der Waals surface area contributed by atoms with Gasteiger partial charge < -0.3 is 24.0 Å². The normalized spacial score (nSPS) is 11.0. The van der Waals surface area contributed by atoms with Gasteiger partial charge in [0.1, 0.15) is 22.8 Å². The second-order valence-electron chi connectivity index (χ2n) is 8.63. The molecule has 5 aromatic rings. The molecule has 0 aliphatic heterocycles. The van der Waals surface area contributed by atoms with E-state index in [1.807, 2.05) is 18.2 Å². The number of aromatic nitrogens is 2. The van der Waals surface area contributed by atoms with Gasteiger partial charge in [-0.1, -0.05) is 18.2 Å². The predicted octanol–water partition coefficient (Wildman–Crippen LogP) is 4.59. The van der Waals surface area contributed by atoms with Crippen LogP contribution in [0.25, 0.3) is 22.4 Å². The molecule has 9 heteroatoms. The Bertz CT molecular complexity index is 1710. The highest BCUT2D eigenvalue weighted by Gasteiger charge is 2.18. The van der Waals surface area contributed by atoms with Crippen LogP contribution in [0.5, 0.6) is 0 Å². The highest BCUT2D eigenvalue weighted by atomic mass is 16.4. The second kappa shape index (κ2) is 9.62. The zero-order valence-electron chi connectivity index (χ0n) is 20.5. The number of hydrogen-bond acceptors (Lipinski definition) is 6. The number of anilines is 1. The Kier molecular flexibility index (Phi) is 6.19. The Morgan fingerprint density at radius 2 is 1.78 bits per heavy atom. The van der Waals surface area contributed by atoms with E-state index in [4.69, 9.17) is 8.83 Å². The molecule has 0 bridgehead atoms. The maximum absolute atomic E-state index is 12.9. The van der Waals surface area contributed by atoms with Crippen LogP contribution in [-0.4, -0.2) is 21.4 Å². The summed E-state index contributed by atoms with van der Waals surface area (Å²) in [5, 5.41) is 6.09. The molecule has 37 heavy (non-hydrogen) atoms. The van der Waals surface area contributed by atoms with Crippen LogP contribution in [0.1, 0.15) is 37.9 Å². The fourth-order valence-electron chi connectivity index (χ4n) is 4.13. The SMILES string of the molecule is Cc1occc1C(=O)Nc1cccc(-c2nc(CNC(=O)c3cn(C)c4ccccc4c3=O)c(C)o2)c1. The minimum Gasteiger partial charge on any atom is -0.469 e. The van der Waals surface area contributed by atoms with E-state index in [0.29, 0.717) is 45.3 Å². The number of nitrogens with one attached hydrogen (secondary N) is 2. The number of pyridine rings is 1. The van der Waals surface area contributed by atoms with Crippen molar-refractivity contribution >= 4 is 28.4 Å². The third-order valence-electron chi connectivity index (χ3n) is 6.12. The Morgan fingerprint density at radius 3 is 2.57 bits per heavy atom. The number of aryl methyl sites for hydroxylation is 3. The average Bonchev–Trinajstić information content (AvgIpc) is 3.50. The molecule has 3 aromatic heterocycles. The van der Waals surface area contributed by atoms with Gasteiger partial charge in [0, 0.05) is 29.9 Å². The lowest BCUT2D eigenvalue weighted by molar-refractivity contribution is 0.0948. The van der Waals surface area contributed by atoms with Gasteiger partial charge in [0.25, 0.3) is 11.8 Å². The number of hydrogen-bond donors (Lipinski definition) is 2. The van der Waals surface area contributed by atoms with Crippen LogP contribution in [0.15, 0.2) is 80.7 Å².